The SMILES string of the molecule is Cc1ccc(S(=O)(=O)Nc2ccc3c(c2)C(=O)N([C@@H](C)CO)C[C@@H](C)[C@H](CN(C)C(=O)C2CCCCC2)OCCCC[C@H](C)O3)cc1. The van der Waals surface area contributed by atoms with Crippen LogP contribution in [0.4, 0.5) is 5.69 Å². The molecule has 1 saturated carbocycles. The van der Waals surface area contributed by atoms with Crippen molar-refractivity contribution in [2.45, 2.75) is 102 Å². The Kier molecular flexibility index (Phi) is 13.1. The Morgan fingerprint density at radius 1 is 1.04 bits per heavy atom. The zero-order valence-corrected chi connectivity index (χ0v) is 29.4. The third-order valence-electron chi connectivity index (χ3n) is 9.42. The zero-order valence-electron chi connectivity index (χ0n) is 28.6. The van der Waals surface area contributed by atoms with Crippen molar-refractivity contribution in [3.63, 3.8) is 0 Å². The molecule has 2 amide bonds. The molecule has 4 rings (SSSR count). The second kappa shape index (κ2) is 16.8. The summed E-state index contributed by atoms with van der Waals surface area (Å²) in [7, 11) is -2.08. The number of ether oxygens (including phenoxy) is 2. The quantitative estimate of drug-likeness (QED) is 0.373. The Labute approximate surface area is 280 Å². The van der Waals surface area contributed by atoms with Gasteiger partial charge in [0, 0.05) is 44.3 Å². The van der Waals surface area contributed by atoms with Gasteiger partial charge in [0.1, 0.15) is 5.75 Å². The highest BCUT2D eigenvalue weighted by Gasteiger charge is 2.32. The van der Waals surface area contributed by atoms with Crippen molar-refractivity contribution in [2.24, 2.45) is 11.8 Å². The Morgan fingerprint density at radius 2 is 1.72 bits per heavy atom. The summed E-state index contributed by atoms with van der Waals surface area (Å²) < 4.78 is 41.7. The molecule has 2 aliphatic rings. The molecule has 4 atom stereocenters. The van der Waals surface area contributed by atoms with Crippen LogP contribution in [0.15, 0.2) is 47.4 Å². The molecule has 47 heavy (non-hydrogen) atoms. The number of hydrogen-bond donors (Lipinski definition) is 2. The van der Waals surface area contributed by atoms with E-state index in [9.17, 15) is 23.1 Å². The van der Waals surface area contributed by atoms with Crippen LogP contribution in [0.25, 0.3) is 0 Å². The fraction of sp³-hybridized carbons (Fsp3) is 0.611. The molecule has 1 heterocycles. The first-order valence-electron chi connectivity index (χ1n) is 17.1. The average molecular weight is 672 g/mol. The summed E-state index contributed by atoms with van der Waals surface area (Å²) >= 11 is 0. The normalized spacial score (nSPS) is 22.8. The van der Waals surface area contributed by atoms with Crippen LogP contribution in [0.1, 0.15) is 88.1 Å². The molecule has 10 nitrogen and oxygen atoms in total. The van der Waals surface area contributed by atoms with Gasteiger partial charge in [0.15, 0.2) is 0 Å². The van der Waals surface area contributed by atoms with E-state index in [1.54, 1.807) is 41.0 Å². The van der Waals surface area contributed by atoms with E-state index in [2.05, 4.69) is 4.72 Å². The van der Waals surface area contributed by atoms with Crippen LogP contribution in [-0.4, -0.2) is 86.7 Å². The van der Waals surface area contributed by atoms with Crippen LogP contribution in [0.3, 0.4) is 0 Å². The van der Waals surface area contributed by atoms with Crippen molar-refractivity contribution >= 4 is 27.5 Å². The number of nitrogens with zero attached hydrogens (tertiary/aromatic N) is 2. The summed E-state index contributed by atoms with van der Waals surface area (Å²) in [6.07, 6.45) is 7.04. The Morgan fingerprint density at radius 3 is 2.40 bits per heavy atom. The number of hydrogen-bond acceptors (Lipinski definition) is 7. The second-order valence-electron chi connectivity index (χ2n) is 13.5. The highest BCUT2D eigenvalue weighted by molar-refractivity contribution is 7.92. The lowest BCUT2D eigenvalue weighted by Crippen LogP contribution is -2.48. The fourth-order valence-corrected chi connectivity index (χ4v) is 7.45. The Bertz CT molecular complexity index is 1440. The van der Waals surface area contributed by atoms with E-state index in [-0.39, 0.29) is 65.2 Å². The van der Waals surface area contributed by atoms with Crippen molar-refractivity contribution in [3.05, 3.63) is 53.6 Å². The molecule has 0 spiro atoms. The summed E-state index contributed by atoms with van der Waals surface area (Å²) in [4.78, 5) is 31.2. The zero-order chi connectivity index (χ0) is 34.1. The van der Waals surface area contributed by atoms with E-state index in [0.29, 0.717) is 18.9 Å². The smallest absolute Gasteiger partial charge is 0.261 e. The molecule has 0 saturated heterocycles. The molecule has 2 aromatic carbocycles. The molecule has 11 heteroatoms. The number of aryl methyl sites for hydroxylation is 1. The van der Waals surface area contributed by atoms with Crippen LogP contribution in [0.2, 0.25) is 0 Å². The fourth-order valence-electron chi connectivity index (χ4n) is 6.40. The number of amides is 2. The number of carbonyl (C=O) groups excluding carboxylic acids is 2. The molecule has 260 valence electrons. The van der Waals surface area contributed by atoms with Gasteiger partial charge in [-0.05, 0) is 83.2 Å². The van der Waals surface area contributed by atoms with Gasteiger partial charge in [0.05, 0.1) is 35.3 Å². The van der Waals surface area contributed by atoms with E-state index in [4.69, 9.17) is 9.47 Å². The molecule has 2 N–H and O–H groups in total. The first-order valence-corrected chi connectivity index (χ1v) is 18.6. The van der Waals surface area contributed by atoms with Crippen molar-refractivity contribution in [1.29, 1.82) is 0 Å². The monoisotopic (exact) mass is 671 g/mol. The van der Waals surface area contributed by atoms with Gasteiger partial charge in [-0.1, -0.05) is 43.9 Å². The highest BCUT2D eigenvalue weighted by atomic mass is 32.2. The molecule has 2 aromatic rings. The molecule has 1 aliphatic carbocycles. The van der Waals surface area contributed by atoms with Crippen molar-refractivity contribution in [3.8, 4) is 5.75 Å². The van der Waals surface area contributed by atoms with Crippen LogP contribution in [0.5, 0.6) is 5.75 Å². The lowest BCUT2D eigenvalue weighted by molar-refractivity contribution is -0.137. The molecule has 1 aliphatic heterocycles. The molecular weight excluding hydrogens is 618 g/mol. The van der Waals surface area contributed by atoms with Gasteiger partial charge in [0.25, 0.3) is 15.9 Å². The largest absolute Gasteiger partial charge is 0.490 e. The van der Waals surface area contributed by atoms with Gasteiger partial charge >= 0.3 is 0 Å². The number of benzene rings is 2. The molecule has 1 fully saturated rings. The van der Waals surface area contributed by atoms with E-state index in [1.807, 2.05) is 27.8 Å². The first-order chi connectivity index (χ1) is 22.4. The van der Waals surface area contributed by atoms with E-state index >= 15 is 0 Å². The van der Waals surface area contributed by atoms with E-state index < -0.39 is 16.1 Å². The highest BCUT2D eigenvalue weighted by Crippen LogP contribution is 2.30. The molecule has 0 radical (unpaired) electrons. The van der Waals surface area contributed by atoms with E-state index in [0.717, 1.165) is 50.5 Å². The lowest BCUT2D eigenvalue weighted by atomic mass is 9.88. The van der Waals surface area contributed by atoms with Gasteiger partial charge in [-0.15, -0.1) is 0 Å². The van der Waals surface area contributed by atoms with Crippen LogP contribution >= 0.6 is 0 Å². The summed E-state index contributed by atoms with van der Waals surface area (Å²) in [5.41, 5.74) is 1.37. The third kappa shape index (κ3) is 9.93. The first kappa shape index (κ1) is 36.7. The number of rotatable bonds is 8. The van der Waals surface area contributed by atoms with Gasteiger partial charge in [-0.25, -0.2) is 8.42 Å². The number of fused-ring (bicyclic) bond motifs is 1. The topological polar surface area (TPSA) is 125 Å². The second-order valence-corrected chi connectivity index (χ2v) is 15.2. The Balaban J connectivity index is 1.64. The number of aliphatic hydroxyl groups excluding tert-OH is 1. The maximum Gasteiger partial charge on any atom is 0.261 e. The van der Waals surface area contributed by atoms with Gasteiger partial charge in [-0.2, -0.15) is 0 Å². The maximum atomic E-state index is 14.4. The number of nitrogens with one attached hydrogen (secondary N) is 1. The van der Waals surface area contributed by atoms with E-state index in [1.165, 1.54) is 24.6 Å². The van der Waals surface area contributed by atoms with Crippen LogP contribution < -0.4 is 9.46 Å². The minimum absolute atomic E-state index is 0.0469. The maximum absolute atomic E-state index is 14.4. The van der Waals surface area contributed by atoms with Crippen LogP contribution in [-0.2, 0) is 19.6 Å². The number of anilines is 1. The predicted molar refractivity (Wildman–Crippen MR) is 183 cm³/mol. The standard InChI is InChI=1S/C36H53N3O7S/c1-25-14-17-31(18-15-25)47(43,44)37-30-16-19-33-32(21-30)36(42)39(27(3)24-40)22-26(2)34(45-20-10-9-11-28(4)46-33)23-38(5)35(41)29-12-7-6-8-13-29/h14-19,21,26-29,34,37,40H,6-13,20,22-24H2,1-5H3/t26-,27+,28+,34+/m1/s1. The van der Waals surface area contributed by atoms with Crippen molar-refractivity contribution in [1.82, 2.24) is 9.80 Å². The van der Waals surface area contributed by atoms with Crippen molar-refractivity contribution in [2.75, 3.05) is 38.1 Å². The number of sulfonamides is 1. The molecule has 0 unspecified atom stereocenters. The number of carbonyl (C=O) groups is 2. The lowest BCUT2D eigenvalue weighted by Gasteiger charge is -2.36. The summed E-state index contributed by atoms with van der Waals surface area (Å²) in [5.74, 6) is -0.0163. The summed E-state index contributed by atoms with van der Waals surface area (Å²) in [6.45, 7) is 8.53. The minimum Gasteiger partial charge on any atom is -0.490 e. The van der Waals surface area contributed by atoms with Crippen molar-refractivity contribution < 1.29 is 32.6 Å². The average Bonchev–Trinajstić information content (AvgIpc) is 3.06. The molecule has 0 bridgehead atoms. The third-order valence-corrected chi connectivity index (χ3v) is 10.8. The summed E-state index contributed by atoms with van der Waals surface area (Å²) in [5, 5.41) is 10.2. The van der Waals surface area contributed by atoms with Gasteiger partial charge in [0.2, 0.25) is 5.91 Å². The van der Waals surface area contributed by atoms with Gasteiger partial charge in [-0.3, -0.25) is 14.3 Å². The number of likely N-dealkylation sites (N-methyl/N-ethyl adjacent to an activating group) is 1. The van der Waals surface area contributed by atoms with Gasteiger partial charge < -0.3 is 24.4 Å². The Hall–Kier alpha value is -3.15. The van der Waals surface area contributed by atoms with Crippen LogP contribution in [0, 0.1) is 18.8 Å². The summed E-state index contributed by atoms with van der Waals surface area (Å²) in [6, 6.07) is 10.7. The molecular formula is C36H53N3O7S. The number of aliphatic hydroxyl groups is 1. The molecule has 0 aromatic heterocycles. The minimum atomic E-state index is -3.92. The predicted octanol–water partition coefficient (Wildman–Crippen LogP) is 5.63.